The molecule has 14 heteroatoms. The summed E-state index contributed by atoms with van der Waals surface area (Å²) >= 11 is 6.47. The van der Waals surface area contributed by atoms with Crippen molar-refractivity contribution in [3.63, 3.8) is 0 Å². The quantitative estimate of drug-likeness (QED) is 0.362. The monoisotopic (exact) mass is 816 g/mol. The van der Waals surface area contributed by atoms with Crippen LogP contribution in [0.5, 0.6) is 5.75 Å². The van der Waals surface area contributed by atoms with E-state index >= 15 is 4.39 Å². The zero-order valence-corrected chi connectivity index (χ0v) is 34.5. The molecule has 2 aromatic rings. The summed E-state index contributed by atoms with van der Waals surface area (Å²) in [5, 5.41) is 11.8. The van der Waals surface area contributed by atoms with Gasteiger partial charge in [0.05, 0.1) is 36.3 Å². The Morgan fingerprint density at radius 3 is 2.71 bits per heavy atom. The molecule has 4 heterocycles. The highest BCUT2D eigenvalue weighted by molar-refractivity contribution is 7.90. The van der Waals surface area contributed by atoms with Crippen LogP contribution in [0, 0.1) is 11.8 Å². The standard InChI is InChI=1S/C42H58ClFN4O7S/c1-28-6-10-36(44)40(38(49)25-46(17-20-53-3)23-30-13-18-54-19-14-30)48-16-12-34(48)24-47-26-42(15-4-5-31-21-33(43)8-9-35(31)42)27-55-39-11-7-32(22-37(39)47)41(50)45-56(51,52)29(28)2/h7-11,21-22,28-30,34,38,40,49H,4-6,12-20,23-27H2,1-3H3,(H,45,50)/b36-10-/t28-,29+,34-,38-,40+,42-/m0/s1. The first kappa shape index (κ1) is 41.4. The predicted octanol–water partition coefficient (Wildman–Crippen LogP) is 5.33. The molecule has 1 amide bonds. The molecule has 6 atom stereocenters. The number of sulfonamides is 1. The highest BCUT2D eigenvalue weighted by atomic mass is 35.5. The lowest BCUT2D eigenvalue weighted by atomic mass is 9.70. The van der Waals surface area contributed by atoms with Crippen LogP contribution in [0.1, 0.15) is 73.9 Å². The lowest BCUT2D eigenvalue weighted by molar-refractivity contribution is -0.0337. The van der Waals surface area contributed by atoms with E-state index in [9.17, 15) is 18.3 Å². The van der Waals surface area contributed by atoms with Crippen LogP contribution < -0.4 is 14.4 Å². The van der Waals surface area contributed by atoms with Crippen molar-refractivity contribution in [2.24, 2.45) is 11.8 Å². The zero-order valence-electron chi connectivity index (χ0n) is 32.9. The molecule has 2 aromatic carbocycles. The number of nitrogens with one attached hydrogen (secondary N) is 1. The van der Waals surface area contributed by atoms with Gasteiger partial charge in [0.25, 0.3) is 5.91 Å². The number of aryl methyl sites for hydroxylation is 1. The maximum Gasteiger partial charge on any atom is 0.264 e. The number of hydrogen-bond acceptors (Lipinski definition) is 10. The molecule has 4 aliphatic heterocycles. The number of allylic oxidation sites excluding steroid dienone is 1. The summed E-state index contributed by atoms with van der Waals surface area (Å²) in [5.74, 6) is -0.694. The minimum absolute atomic E-state index is 0.116. The average Bonchev–Trinajstić information content (AvgIpc) is 3.32. The second-order valence-corrected chi connectivity index (χ2v) is 19.2. The molecule has 308 valence electrons. The lowest BCUT2D eigenvalue weighted by Crippen LogP contribution is -2.62. The number of fused-ring (bicyclic) bond motifs is 4. The molecule has 5 aliphatic rings. The first-order valence-corrected chi connectivity index (χ1v) is 22.2. The van der Waals surface area contributed by atoms with Crippen LogP contribution in [0.3, 0.4) is 0 Å². The number of ether oxygens (including phenoxy) is 3. The minimum Gasteiger partial charge on any atom is -0.490 e. The number of aliphatic hydroxyl groups excluding tert-OH is 1. The van der Waals surface area contributed by atoms with Gasteiger partial charge in [-0.15, -0.1) is 0 Å². The summed E-state index contributed by atoms with van der Waals surface area (Å²) in [6, 6.07) is 10.1. The summed E-state index contributed by atoms with van der Waals surface area (Å²) in [4.78, 5) is 20.1. The summed E-state index contributed by atoms with van der Waals surface area (Å²) < 4.78 is 64.0. The van der Waals surface area contributed by atoms with Crippen molar-refractivity contribution in [3.05, 3.63) is 70.0 Å². The van der Waals surface area contributed by atoms with Gasteiger partial charge in [0.1, 0.15) is 11.6 Å². The third-order valence-electron chi connectivity index (χ3n) is 13.0. The van der Waals surface area contributed by atoms with E-state index in [1.165, 1.54) is 24.1 Å². The van der Waals surface area contributed by atoms with Crippen LogP contribution in [0.15, 0.2) is 48.3 Å². The van der Waals surface area contributed by atoms with Crippen LogP contribution in [0.2, 0.25) is 5.02 Å². The number of carbonyl (C=O) groups excluding carboxylic acids is 1. The van der Waals surface area contributed by atoms with E-state index in [1.54, 1.807) is 32.2 Å². The summed E-state index contributed by atoms with van der Waals surface area (Å²) in [5.41, 5.74) is 2.89. The Bertz CT molecular complexity index is 1860. The van der Waals surface area contributed by atoms with Gasteiger partial charge in [-0.05, 0) is 105 Å². The summed E-state index contributed by atoms with van der Waals surface area (Å²) in [7, 11) is -2.47. The van der Waals surface area contributed by atoms with Gasteiger partial charge in [-0.3, -0.25) is 14.6 Å². The van der Waals surface area contributed by atoms with Crippen LogP contribution in [-0.2, 0) is 31.3 Å². The molecule has 0 saturated carbocycles. The molecular formula is C42H58ClFN4O7S. The molecule has 0 aromatic heterocycles. The number of carbonyl (C=O) groups is 1. The normalized spacial score (nSPS) is 30.2. The van der Waals surface area contributed by atoms with Crippen molar-refractivity contribution >= 4 is 33.2 Å². The highest BCUT2D eigenvalue weighted by Crippen LogP contribution is 2.45. The van der Waals surface area contributed by atoms with Crippen molar-refractivity contribution in [1.29, 1.82) is 0 Å². The van der Waals surface area contributed by atoms with Crippen LogP contribution in [0.4, 0.5) is 10.1 Å². The molecule has 56 heavy (non-hydrogen) atoms. The first-order chi connectivity index (χ1) is 26.9. The fourth-order valence-corrected chi connectivity index (χ4v) is 10.9. The van der Waals surface area contributed by atoms with Crippen molar-refractivity contribution < 1.29 is 36.9 Å². The number of amides is 1. The molecule has 7 rings (SSSR count). The van der Waals surface area contributed by atoms with Crippen LogP contribution >= 0.6 is 11.6 Å². The molecule has 1 aliphatic carbocycles. The Labute approximate surface area is 336 Å². The maximum absolute atomic E-state index is 16.9. The molecular weight excluding hydrogens is 759 g/mol. The number of hydrogen-bond donors (Lipinski definition) is 2. The largest absolute Gasteiger partial charge is 0.490 e. The lowest BCUT2D eigenvalue weighted by Gasteiger charge is -2.50. The van der Waals surface area contributed by atoms with E-state index in [2.05, 4.69) is 25.5 Å². The van der Waals surface area contributed by atoms with Crippen LogP contribution in [-0.4, -0.2) is 125 Å². The third kappa shape index (κ3) is 8.94. The molecule has 2 N–H and O–H groups in total. The molecule has 0 radical (unpaired) electrons. The van der Waals surface area contributed by atoms with Crippen molar-refractivity contribution in [1.82, 2.24) is 14.5 Å². The van der Waals surface area contributed by atoms with Gasteiger partial charge < -0.3 is 24.2 Å². The second-order valence-electron chi connectivity index (χ2n) is 16.8. The van der Waals surface area contributed by atoms with Gasteiger partial charge in [0.2, 0.25) is 10.0 Å². The Balaban J connectivity index is 1.26. The molecule has 0 unspecified atom stereocenters. The predicted molar refractivity (Wildman–Crippen MR) is 216 cm³/mol. The number of nitrogens with zero attached hydrogens (tertiary/aromatic N) is 3. The van der Waals surface area contributed by atoms with Crippen molar-refractivity contribution in [3.8, 4) is 5.75 Å². The fraction of sp³-hybridized carbons (Fsp3) is 0.643. The first-order valence-electron chi connectivity index (χ1n) is 20.3. The molecule has 1 spiro atoms. The molecule has 2 saturated heterocycles. The van der Waals surface area contributed by atoms with Crippen LogP contribution in [0.25, 0.3) is 0 Å². The summed E-state index contributed by atoms with van der Waals surface area (Å²) in [6.07, 6.45) is 5.93. The fourth-order valence-electron chi connectivity index (χ4n) is 9.43. The van der Waals surface area contributed by atoms with E-state index in [0.717, 1.165) is 45.1 Å². The van der Waals surface area contributed by atoms with E-state index in [-0.39, 0.29) is 30.0 Å². The smallest absolute Gasteiger partial charge is 0.264 e. The minimum atomic E-state index is -4.13. The van der Waals surface area contributed by atoms with Crippen molar-refractivity contribution in [2.45, 2.75) is 87.6 Å². The number of aliphatic hydroxyl groups is 1. The third-order valence-corrected chi connectivity index (χ3v) is 15.2. The topological polar surface area (TPSA) is 121 Å². The van der Waals surface area contributed by atoms with E-state index < -0.39 is 45.1 Å². The Hall–Kier alpha value is -2.78. The highest BCUT2D eigenvalue weighted by Gasteiger charge is 2.46. The molecule has 2 fully saturated rings. The van der Waals surface area contributed by atoms with Crippen molar-refractivity contribution in [2.75, 3.05) is 77.7 Å². The number of anilines is 1. The summed E-state index contributed by atoms with van der Waals surface area (Å²) in [6.45, 7) is 8.88. The average molecular weight is 817 g/mol. The Morgan fingerprint density at radius 2 is 1.96 bits per heavy atom. The van der Waals surface area contributed by atoms with Gasteiger partial charge in [-0.2, -0.15) is 0 Å². The van der Waals surface area contributed by atoms with Gasteiger partial charge in [0.15, 0.2) is 0 Å². The number of rotatable bonds is 8. The van der Waals surface area contributed by atoms with Gasteiger partial charge in [0, 0.05) is 81.6 Å². The molecule has 2 bridgehead atoms. The molecule has 11 nitrogen and oxygen atoms in total. The number of benzene rings is 2. The number of methoxy groups -OCH3 is 1. The van der Waals surface area contributed by atoms with Gasteiger partial charge in [-0.1, -0.05) is 30.7 Å². The van der Waals surface area contributed by atoms with E-state index in [4.69, 9.17) is 25.8 Å². The maximum atomic E-state index is 16.9. The Kier molecular flexibility index (Phi) is 13.0. The van der Waals surface area contributed by atoms with E-state index in [1.807, 2.05) is 12.1 Å². The Morgan fingerprint density at radius 1 is 1.16 bits per heavy atom. The zero-order chi connectivity index (χ0) is 39.6. The van der Waals surface area contributed by atoms with E-state index in [0.29, 0.717) is 75.0 Å². The second kappa shape index (κ2) is 17.6. The van der Waals surface area contributed by atoms with Gasteiger partial charge in [-0.25, -0.2) is 17.5 Å². The SMILES string of the molecule is COCCN(CC1CCOCC1)C[C@H](O)[C@H]1/C(F)=C/C[C@H](C)[C@@H](C)S(=O)(=O)NC(=O)c2ccc3c(c2)N(C[C@@H]2CCN21)C[C@@]1(CCCc2cc(Cl)ccc21)CO3. The number of halogens is 2. The van der Waals surface area contributed by atoms with Gasteiger partial charge >= 0.3 is 0 Å².